The summed E-state index contributed by atoms with van der Waals surface area (Å²) < 4.78 is 0. The van der Waals surface area contributed by atoms with E-state index in [0.29, 0.717) is 12.1 Å². The molecule has 6 rings (SSSR count). The lowest BCUT2D eigenvalue weighted by molar-refractivity contribution is 0.0445. The zero-order valence-corrected chi connectivity index (χ0v) is 19.1. The van der Waals surface area contributed by atoms with Crippen molar-refractivity contribution in [2.45, 2.75) is 115 Å². The van der Waals surface area contributed by atoms with Crippen LogP contribution in [0.5, 0.6) is 0 Å². The summed E-state index contributed by atoms with van der Waals surface area (Å²) in [6, 6.07) is 0.768. The first-order valence-electron chi connectivity index (χ1n) is 13.7. The maximum Gasteiger partial charge on any atom is 0.0287 e. The second kappa shape index (κ2) is 8.07. The fourth-order valence-electron chi connectivity index (χ4n) is 9.59. The van der Waals surface area contributed by atoms with Crippen LogP contribution >= 0.6 is 0 Å². The van der Waals surface area contributed by atoms with Crippen molar-refractivity contribution < 1.29 is 0 Å². The van der Waals surface area contributed by atoms with Crippen LogP contribution in [0.15, 0.2) is 22.3 Å². The minimum Gasteiger partial charge on any atom is -0.324 e. The molecule has 0 spiro atoms. The molecule has 0 heterocycles. The first kappa shape index (κ1) is 20.0. The average Bonchev–Trinajstić information content (AvgIpc) is 2.81. The Labute approximate surface area is 184 Å². The maximum absolute atomic E-state index is 7.03. The van der Waals surface area contributed by atoms with Crippen molar-refractivity contribution in [1.29, 1.82) is 0 Å². The second-order valence-electron chi connectivity index (χ2n) is 11.8. The summed E-state index contributed by atoms with van der Waals surface area (Å²) in [5.74, 6) is 4.92. The van der Waals surface area contributed by atoms with Gasteiger partial charge in [0.05, 0.1) is 0 Å². The molecule has 2 fully saturated rings. The lowest BCUT2D eigenvalue weighted by Gasteiger charge is -2.57. The Kier molecular flexibility index (Phi) is 5.39. The minimum absolute atomic E-state index is 0.384. The highest BCUT2D eigenvalue weighted by atomic mass is 14.7. The van der Waals surface area contributed by atoms with Crippen LogP contribution in [0.25, 0.3) is 0 Å². The molecule has 8 atom stereocenters. The van der Waals surface area contributed by atoms with Crippen molar-refractivity contribution in [2.75, 3.05) is 0 Å². The van der Waals surface area contributed by atoms with Crippen LogP contribution in [0.4, 0.5) is 0 Å². The van der Waals surface area contributed by atoms with Gasteiger partial charge in [-0.25, -0.2) is 0 Å². The Balaban J connectivity index is 1.50. The van der Waals surface area contributed by atoms with Crippen molar-refractivity contribution in [1.82, 2.24) is 0 Å². The van der Waals surface area contributed by atoms with Gasteiger partial charge in [-0.2, -0.15) is 0 Å². The molecule has 0 bridgehead atoms. The minimum atomic E-state index is 0.384. The Hall–Kier alpha value is -0.600. The van der Waals surface area contributed by atoms with Crippen LogP contribution < -0.4 is 11.5 Å². The summed E-state index contributed by atoms with van der Waals surface area (Å²) in [7, 11) is 0. The highest BCUT2D eigenvalue weighted by Gasteiger charge is 2.53. The van der Waals surface area contributed by atoms with E-state index in [2.05, 4.69) is 0 Å². The standard InChI is InChI=1S/C28H44N2/c29-27-21-13-5-1-9-17(21)25(18-10-2-6-14-22(18)27)26-19-11-3-7-15-23(19)28(30)24-16-8-4-12-20(24)26/h17,19,21,23,25-28H,1-16,29-30H2/t17?,19?,21?,23?,25?,26?,27-,28?/m0/s1. The molecule has 0 aromatic rings. The number of allylic oxidation sites excluding steroid dienone is 2. The van der Waals surface area contributed by atoms with E-state index in [-0.39, 0.29) is 0 Å². The second-order valence-corrected chi connectivity index (χ2v) is 11.8. The van der Waals surface area contributed by atoms with E-state index in [1.807, 2.05) is 11.1 Å². The van der Waals surface area contributed by atoms with Gasteiger partial charge < -0.3 is 11.5 Å². The van der Waals surface area contributed by atoms with Crippen LogP contribution in [-0.4, -0.2) is 12.1 Å². The molecule has 0 aromatic carbocycles. The molecule has 0 amide bonds. The molecule has 30 heavy (non-hydrogen) atoms. The van der Waals surface area contributed by atoms with Gasteiger partial charge >= 0.3 is 0 Å². The third-order valence-electron chi connectivity index (χ3n) is 10.7. The van der Waals surface area contributed by atoms with E-state index in [1.165, 1.54) is 103 Å². The first-order valence-corrected chi connectivity index (χ1v) is 13.7. The Morgan fingerprint density at radius 2 is 0.733 bits per heavy atom. The van der Waals surface area contributed by atoms with Crippen molar-refractivity contribution in [3.05, 3.63) is 22.3 Å². The molecule has 4 N–H and O–H groups in total. The average molecular weight is 409 g/mol. The van der Waals surface area contributed by atoms with Crippen molar-refractivity contribution in [3.8, 4) is 0 Å². The van der Waals surface area contributed by atoms with Gasteiger partial charge in [0.1, 0.15) is 0 Å². The molecular weight excluding hydrogens is 364 g/mol. The molecule has 0 aromatic heterocycles. The summed E-state index contributed by atoms with van der Waals surface area (Å²) in [5.41, 5.74) is 21.3. The van der Waals surface area contributed by atoms with E-state index in [1.54, 1.807) is 11.1 Å². The van der Waals surface area contributed by atoms with Crippen LogP contribution in [-0.2, 0) is 0 Å². The summed E-state index contributed by atoms with van der Waals surface area (Å²) in [6.07, 6.45) is 22.3. The predicted molar refractivity (Wildman–Crippen MR) is 125 cm³/mol. The topological polar surface area (TPSA) is 52.0 Å². The summed E-state index contributed by atoms with van der Waals surface area (Å²) in [5, 5.41) is 0. The highest BCUT2D eigenvalue weighted by molar-refractivity contribution is 5.37. The van der Waals surface area contributed by atoms with E-state index in [0.717, 1.165) is 35.5 Å². The van der Waals surface area contributed by atoms with E-state index in [9.17, 15) is 0 Å². The summed E-state index contributed by atoms with van der Waals surface area (Å²) in [6.45, 7) is 0. The van der Waals surface area contributed by atoms with Crippen LogP contribution in [0.2, 0.25) is 0 Å². The maximum atomic E-state index is 7.03. The van der Waals surface area contributed by atoms with Gasteiger partial charge in [0.15, 0.2) is 0 Å². The number of rotatable bonds is 1. The molecule has 6 aliphatic carbocycles. The van der Waals surface area contributed by atoms with Gasteiger partial charge in [0.2, 0.25) is 0 Å². The molecule has 0 saturated heterocycles. The lowest BCUT2D eigenvalue weighted by atomic mass is 9.49. The van der Waals surface area contributed by atoms with Gasteiger partial charge in [-0.3, -0.25) is 0 Å². The molecular formula is C28H44N2. The Bertz CT molecular complexity index is 671. The van der Waals surface area contributed by atoms with Crippen LogP contribution in [0, 0.1) is 35.5 Å². The number of nitrogens with two attached hydrogens (primary N) is 2. The normalized spacial score (nSPS) is 46.6. The lowest BCUT2D eigenvalue weighted by Crippen LogP contribution is -2.54. The highest BCUT2D eigenvalue weighted by Crippen LogP contribution is 2.60. The third kappa shape index (κ3) is 3.03. The summed E-state index contributed by atoms with van der Waals surface area (Å²) in [4.78, 5) is 0. The molecule has 7 unspecified atom stereocenters. The van der Waals surface area contributed by atoms with Gasteiger partial charge in [0.25, 0.3) is 0 Å². The van der Waals surface area contributed by atoms with Gasteiger partial charge in [0, 0.05) is 12.1 Å². The zero-order chi connectivity index (χ0) is 20.2. The largest absolute Gasteiger partial charge is 0.324 e. The zero-order valence-electron chi connectivity index (χ0n) is 19.1. The Morgan fingerprint density at radius 3 is 1.13 bits per heavy atom. The van der Waals surface area contributed by atoms with Crippen LogP contribution in [0.3, 0.4) is 0 Å². The van der Waals surface area contributed by atoms with Crippen molar-refractivity contribution in [3.63, 3.8) is 0 Å². The van der Waals surface area contributed by atoms with Crippen molar-refractivity contribution >= 4 is 0 Å². The number of hydrogen-bond donors (Lipinski definition) is 2. The smallest absolute Gasteiger partial charge is 0.0287 e. The third-order valence-corrected chi connectivity index (χ3v) is 10.7. The first-order chi connectivity index (χ1) is 14.8. The van der Waals surface area contributed by atoms with Crippen molar-refractivity contribution in [2.24, 2.45) is 47.0 Å². The molecule has 166 valence electrons. The molecule has 0 aliphatic heterocycles. The predicted octanol–water partition coefficient (Wildman–Crippen LogP) is 6.25. The molecule has 2 heteroatoms. The molecule has 6 aliphatic rings. The molecule has 0 radical (unpaired) electrons. The van der Waals surface area contributed by atoms with E-state index < -0.39 is 0 Å². The monoisotopic (exact) mass is 408 g/mol. The fourth-order valence-corrected chi connectivity index (χ4v) is 9.59. The quantitative estimate of drug-likeness (QED) is 0.503. The molecule has 2 saturated carbocycles. The van der Waals surface area contributed by atoms with E-state index >= 15 is 0 Å². The van der Waals surface area contributed by atoms with Gasteiger partial charge in [-0.15, -0.1) is 0 Å². The number of fused-ring (bicyclic) bond motifs is 2. The van der Waals surface area contributed by atoms with Gasteiger partial charge in [-0.1, -0.05) is 48.0 Å². The number of hydrogen-bond acceptors (Lipinski definition) is 2. The van der Waals surface area contributed by atoms with E-state index in [4.69, 9.17) is 11.5 Å². The Morgan fingerprint density at radius 1 is 0.400 bits per heavy atom. The fraction of sp³-hybridized carbons (Fsp3) is 0.857. The summed E-state index contributed by atoms with van der Waals surface area (Å²) >= 11 is 0. The molecule has 2 nitrogen and oxygen atoms in total. The van der Waals surface area contributed by atoms with Crippen LogP contribution in [0.1, 0.15) is 103 Å². The SMILES string of the molecule is NC1C2=C(CCCC2)C(C2C3=C(CCCC3)[C@@H](N)C3CCCCC23)C2CCCCC12. The van der Waals surface area contributed by atoms with Gasteiger partial charge in [-0.05, 0) is 113 Å².